The van der Waals surface area contributed by atoms with Gasteiger partial charge >= 0.3 is 5.97 Å². The maximum Gasteiger partial charge on any atom is 0.303 e. The fourth-order valence-electron chi connectivity index (χ4n) is 3.43. The largest absolute Gasteiger partial charge is 0.481 e. The monoisotopic (exact) mass is 404 g/mol. The maximum absolute atomic E-state index is 12.5. The summed E-state index contributed by atoms with van der Waals surface area (Å²) in [4.78, 5) is 27.6. The molecule has 1 heterocycles. The van der Waals surface area contributed by atoms with Gasteiger partial charge < -0.3 is 9.67 Å². The molecule has 0 spiro atoms. The van der Waals surface area contributed by atoms with Gasteiger partial charge in [0.25, 0.3) is 0 Å². The van der Waals surface area contributed by atoms with Gasteiger partial charge in [-0.1, -0.05) is 43.5 Å². The van der Waals surface area contributed by atoms with E-state index in [0.717, 1.165) is 49.2 Å². The van der Waals surface area contributed by atoms with E-state index < -0.39 is 5.97 Å². The zero-order valence-corrected chi connectivity index (χ0v) is 17.4. The van der Waals surface area contributed by atoms with E-state index in [9.17, 15) is 9.59 Å². The number of hydrogen-bond donors (Lipinski definition) is 1. The molecule has 28 heavy (non-hydrogen) atoms. The van der Waals surface area contributed by atoms with Crippen molar-refractivity contribution in [3.05, 3.63) is 52.6 Å². The first-order valence-corrected chi connectivity index (χ1v) is 10.2. The number of ketones is 1. The van der Waals surface area contributed by atoms with Crippen LogP contribution in [0.15, 0.2) is 30.6 Å². The average molecular weight is 405 g/mol. The smallest absolute Gasteiger partial charge is 0.303 e. The molecule has 2 rings (SSSR count). The number of Topliss-reactive ketones (excluding diaryl/α,β-unsaturated/α-hetero) is 1. The Morgan fingerprint density at radius 3 is 2.54 bits per heavy atom. The maximum atomic E-state index is 12.5. The van der Waals surface area contributed by atoms with Gasteiger partial charge in [0.05, 0.1) is 6.33 Å². The van der Waals surface area contributed by atoms with E-state index in [1.807, 2.05) is 29.8 Å². The third-order valence-corrected chi connectivity index (χ3v) is 5.13. The molecule has 0 unspecified atom stereocenters. The number of carboxylic acids is 1. The molecule has 1 aromatic carbocycles. The van der Waals surface area contributed by atoms with Crippen molar-refractivity contribution >= 4 is 23.4 Å². The highest BCUT2D eigenvalue weighted by Gasteiger charge is 2.20. The first-order valence-electron chi connectivity index (χ1n) is 9.86. The van der Waals surface area contributed by atoms with Gasteiger partial charge in [-0.15, -0.1) is 0 Å². The van der Waals surface area contributed by atoms with Crippen LogP contribution in [-0.4, -0.2) is 26.4 Å². The summed E-state index contributed by atoms with van der Waals surface area (Å²) >= 11 is 6.01. The Balaban J connectivity index is 1.77. The standard InChI is InChI=1S/C22H29ClN2O3/c1-16(13-21(27)28)12-20(26)22-19(25(2)15-24-22)11-6-4-3-5-8-17-9-7-10-18(23)14-17/h7,9-10,14-16H,3-6,8,11-13H2,1-2H3,(H,27,28)/t16-/m0/s1. The SMILES string of the molecule is C[C@H](CC(=O)O)CC(=O)c1ncn(C)c1CCCCCCc1cccc(Cl)c1. The first-order chi connectivity index (χ1) is 13.4. The number of halogens is 1. The van der Waals surface area contributed by atoms with Crippen LogP contribution in [0.4, 0.5) is 0 Å². The molecule has 1 N–H and O–H groups in total. The van der Waals surface area contributed by atoms with E-state index in [-0.39, 0.29) is 24.5 Å². The summed E-state index contributed by atoms with van der Waals surface area (Å²) in [6.45, 7) is 1.79. The molecule has 6 heteroatoms. The Morgan fingerprint density at radius 2 is 1.86 bits per heavy atom. The number of nitrogens with zero attached hydrogens (tertiary/aromatic N) is 2. The number of aromatic nitrogens is 2. The number of unbranched alkanes of at least 4 members (excludes halogenated alkanes) is 3. The molecule has 5 nitrogen and oxygen atoms in total. The summed E-state index contributed by atoms with van der Waals surface area (Å²) in [5.74, 6) is -1.13. The van der Waals surface area contributed by atoms with Crippen molar-refractivity contribution in [2.24, 2.45) is 13.0 Å². The molecule has 1 atom stereocenters. The van der Waals surface area contributed by atoms with Crippen molar-refractivity contribution in [1.29, 1.82) is 0 Å². The van der Waals surface area contributed by atoms with E-state index in [1.165, 1.54) is 5.56 Å². The molecular formula is C22H29ClN2O3. The minimum Gasteiger partial charge on any atom is -0.481 e. The van der Waals surface area contributed by atoms with Crippen LogP contribution < -0.4 is 0 Å². The lowest BCUT2D eigenvalue weighted by molar-refractivity contribution is -0.137. The van der Waals surface area contributed by atoms with Crippen LogP contribution in [0.25, 0.3) is 0 Å². The summed E-state index contributed by atoms with van der Waals surface area (Å²) in [5, 5.41) is 9.64. The van der Waals surface area contributed by atoms with Crippen molar-refractivity contribution in [2.45, 2.75) is 58.3 Å². The van der Waals surface area contributed by atoms with Crippen molar-refractivity contribution in [3.63, 3.8) is 0 Å². The van der Waals surface area contributed by atoms with Crippen LogP contribution >= 0.6 is 11.6 Å². The van der Waals surface area contributed by atoms with E-state index in [4.69, 9.17) is 16.7 Å². The Labute approximate surface area is 171 Å². The number of imidazole rings is 1. The summed E-state index contributed by atoms with van der Waals surface area (Å²) in [6.07, 6.45) is 8.06. The minimum atomic E-state index is -0.876. The molecule has 0 aliphatic carbocycles. The normalized spacial score (nSPS) is 12.1. The van der Waals surface area contributed by atoms with E-state index in [1.54, 1.807) is 13.3 Å². The Morgan fingerprint density at radius 1 is 1.14 bits per heavy atom. The predicted molar refractivity (Wildman–Crippen MR) is 111 cm³/mol. The summed E-state index contributed by atoms with van der Waals surface area (Å²) in [5.41, 5.74) is 2.71. The number of aliphatic carboxylic acids is 1. The fraction of sp³-hybridized carbons (Fsp3) is 0.500. The van der Waals surface area contributed by atoms with Crippen LogP contribution in [0.3, 0.4) is 0 Å². The van der Waals surface area contributed by atoms with Gasteiger partial charge in [0.15, 0.2) is 5.78 Å². The van der Waals surface area contributed by atoms with Gasteiger partial charge in [0.1, 0.15) is 5.69 Å². The molecule has 0 amide bonds. The van der Waals surface area contributed by atoms with Crippen LogP contribution in [0.1, 0.15) is 67.2 Å². The zero-order chi connectivity index (χ0) is 20.5. The molecule has 2 aromatic rings. The topological polar surface area (TPSA) is 72.2 Å². The van der Waals surface area contributed by atoms with Crippen molar-refractivity contribution in [2.75, 3.05) is 0 Å². The highest BCUT2D eigenvalue weighted by molar-refractivity contribution is 6.30. The molecule has 0 radical (unpaired) electrons. The molecule has 0 saturated carbocycles. The van der Waals surface area contributed by atoms with Gasteiger partial charge in [0.2, 0.25) is 0 Å². The molecule has 0 bridgehead atoms. The molecule has 1 aromatic heterocycles. The average Bonchev–Trinajstić information content (AvgIpc) is 2.98. The van der Waals surface area contributed by atoms with Crippen LogP contribution in [-0.2, 0) is 24.7 Å². The van der Waals surface area contributed by atoms with Crippen molar-refractivity contribution in [1.82, 2.24) is 9.55 Å². The summed E-state index contributed by atoms with van der Waals surface area (Å²) < 4.78 is 1.90. The first kappa shape index (κ1) is 22.2. The van der Waals surface area contributed by atoms with Gasteiger partial charge in [-0.2, -0.15) is 0 Å². The molecule has 0 aliphatic heterocycles. The van der Waals surface area contributed by atoms with Crippen LogP contribution in [0.2, 0.25) is 5.02 Å². The molecule has 152 valence electrons. The lowest BCUT2D eigenvalue weighted by atomic mass is 9.98. The van der Waals surface area contributed by atoms with Crippen LogP contribution in [0, 0.1) is 5.92 Å². The molecule has 0 fully saturated rings. The zero-order valence-electron chi connectivity index (χ0n) is 16.7. The number of rotatable bonds is 12. The third-order valence-electron chi connectivity index (χ3n) is 4.90. The predicted octanol–water partition coefficient (Wildman–Crippen LogP) is 5.10. The highest BCUT2D eigenvalue weighted by Crippen LogP contribution is 2.18. The number of carboxylic acid groups (broad SMARTS) is 1. The highest BCUT2D eigenvalue weighted by atomic mass is 35.5. The lowest BCUT2D eigenvalue weighted by Gasteiger charge is -2.09. The van der Waals surface area contributed by atoms with E-state index in [2.05, 4.69) is 11.1 Å². The Bertz CT molecular complexity index is 801. The number of aryl methyl sites for hydroxylation is 2. The Kier molecular flexibility index (Phi) is 8.71. The van der Waals surface area contributed by atoms with Gasteiger partial charge in [-0.3, -0.25) is 9.59 Å². The number of benzene rings is 1. The second kappa shape index (κ2) is 11.0. The fourth-order valence-corrected chi connectivity index (χ4v) is 3.65. The van der Waals surface area contributed by atoms with E-state index in [0.29, 0.717) is 5.69 Å². The summed E-state index contributed by atoms with van der Waals surface area (Å²) in [7, 11) is 1.90. The van der Waals surface area contributed by atoms with Crippen molar-refractivity contribution in [3.8, 4) is 0 Å². The van der Waals surface area contributed by atoms with E-state index >= 15 is 0 Å². The number of carbonyl (C=O) groups excluding carboxylic acids is 1. The number of hydrogen-bond acceptors (Lipinski definition) is 3. The van der Waals surface area contributed by atoms with Gasteiger partial charge in [0, 0.05) is 30.6 Å². The molecule has 0 saturated heterocycles. The summed E-state index contributed by atoms with van der Waals surface area (Å²) in [6, 6.07) is 7.99. The lowest BCUT2D eigenvalue weighted by Crippen LogP contribution is -2.13. The van der Waals surface area contributed by atoms with Gasteiger partial charge in [-0.25, -0.2) is 4.98 Å². The van der Waals surface area contributed by atoms with Gasteiger partial charge in [-0.05, 0) is 49.3 Å². The third kappa shape index (κ3) is 7.12. The number of carbonyl (C=O) groups is 2. The quantitative estimate of drug-likeness (QED) is 0.394. The molecule has 0 aliphatic rings. The molecular weight excluding hydrogens is 376 g/mol. The minimum absolute atomic E-state index is 0.000529. The van der Waals surface area contributed by atoms with Crippen molar-refractivity contribution < 1.29 is 14.7 Å². The second-order valence-electron chi connectivity index (χ2n) is 7.53. The van der Waals surface area contributed by atoms with Crippen LogP contribution in [0.5, 0.6) is 0 Å². The Hall–Kier alpha value is -2.14. The second-order valence-corrected chi connectivity index (χ2v) is 7.96.